The predicted octanol–water partition coefficient (Wildman–Crippen LogP) is 3.33. The van der Waals surface area contributed by atoms with Gasteiger partial charge >= 0.3 is 0 Å². The van der Waals surface area contributed by atoms with Gasteiger partial charge in [0.05, 0.1) is 8.07 Å². The fourth-order valence-corrected chi connectivity index (χ4v) is 2.91. The van der Waals surface area contributed by atoms with Gasteiger partial charge in [-0.05, 0) is 53.9 Å². The monoisotopic (exact) mass is 217 g/mol. The molecule has 0 saturated carbocycles. The molecule has 0 spiro atoms. The molecule has 1 heterocycles. The van der Waals surface area contributed by atoms with Gasteiger partial charge in [-0.15, -0.1) is 0 Å². The summed E-state index contributed by atoms with van der Waals surface area (Å²) in [5.74, 6) is 0. The molecule has 0 radical (unpaired) electrons. The van der Waals surface area contributed by atoms with E-state index in [0.717, 1.165) is 0 Å². The number of fused-ring (bicyclic) bond motifs is 1. The van der Waals surface area contributed by atoms with Gasteiger partial charge in [0, 0.05) is 5.52 Å². The van der Waals surface area contributed by atoms with E-state index in [0.29, 0.717) is 0 Å². The number of aromatic nitrogens is 1. The van der Waals surface area contributed by atoms with Crippen LogP contribution in [0.1, 0.15) is 11.1 Å². The molecule has 1 nitrogen and oxygen atoms in total. The van der Waals surface area contributed by atoms with Crippen LogP contribution >= 0.6 is 0 Å². The van der Waals surface area contributed by atoms with E-state index in [9.17, 15) is 0 Å². The average Bonchev–Trinajstić information content (AvgIpc) is 2.47. The molecule has 0 unspecified atom stereocenters. The van der Waals surface area contributed by atoms with E-state index in [-0.39, 0.29) is 0 Å². The van der Waals surface area contributed by atoms with Gasteiger partial charge in [0.1, 0.15) is 0 Å². The topological polar surface area (TPSA) is 15.8 Å². The summed E-state index contributed by atoms with van der Waals surface area (Å²) in [7, 11) is -1.21. The van der Waals surface area contributed by atoms with Crippen molar-refractivity contribution in [2.45, 2.75) is 33.5 Å². The molecule has 0 atom stereocenters. The first kappa shape index (κ1) is 10.5. The summed E-state index contributed by atoms with van der Waals surface area (Å²) >= 11 is 0. The highest BCUT2D eigenvalue weighted by molar-refractivity contribution is 6.88. The Kier molecular flexibility index (Phi) is 2.27. The summed E-state index contributed by atoms with van der Waals surface area (Å²) in [5.41, 5.74) is 4.03. The molecule has 0 saturated heterocycles. The van der Waals surface area contributed by atoms with Crippen LogP contribution in [0.5, 0.6) is 0 Å². The molecule has 1 N–H and O–H groups in total. The van der Waals surface area contributed by atoms with Gasteiger partial charge in [-0.1, -0.05) is 19.6 Å². The molecule has 2 rings (SSSR count). The zero-order chi connectivity index (χ0) is 11.2. The Morgan fingerprint density at radius 2 is 1.53 bits per heavy atom. The highest BCUT2D eigenvalue weighted by Gasteiger charge is 2.18. The Morgan fingerprint density at radius 1 is 0.933 bits per heavy atom. The normalized spacial score (nSPS) is 12.3. The van der Waals surface area contributed by atoms with Crippen molar-refractivity contribution in [3.8, 4) is 0 Å². The fourth-order valence-electron chi connectivity index (χ4n) is 1.81. The van der Waals surface area contributed by atoms with E-state index < -0.39 is 8.07 Å². The number of aryl methyl sites for hydroxylation is 2. The minimum Gasteiger partial charge on any atom is -0.362 e. The lowest BCUT2D eigenvalue weighted by Gasteiger charge is -2.12. The van der Waals surface area contributed by atoms with Gasteiger partial charge in [-0.2, -0.15) is 0 Å². The first-order chi connectivity index (χ1) is 6.88. The zero-order valence-corrected chi connectivity index (χ0v) is 11.2. The first-order valence-electron chi connectivity index (χ1n) is 5.48. The van der Waals surface area contributed by atoms with Crippen molar-refractivity contribution in [3.05, 3.63) is 29.3 Å². The number of nitrogens with one attached hydrogen (secondary N) is 1. The Labute approximate surface area is 92.5 Å². The standard InChI is InChI=1S/C13H19NSi/c1-9-6-11-8-13(15(3,4)5)14-12(11)7-10(9)2/h6-8,14H,1-5H3. The summed E-state index contributed by atoms with van der Waals surface area (Å²) in [5, 5.41) is 2.80. The lowest BCUT2D eigenvalue weighted by molar-refractivity contribution is 1.36. The second-order valence-electron chi connectivity index (χ2n) is 5.46. The number of aromatic amines is 1. The molecule has 0 aliphatic carbocycles. The maximum absolute atomic E-state index is 3.57. The number of rotatable bonds is 1. The number of hydrogen-bond donors (Lipinski definition) is 1. The Morgan fingerprint density at radius 3 is 2.13 bits per heavy atom. The maximum atomic E-state index is 3.57. The van der Waals surface area contributed by atoms with Crippen LogP contribution < -0.4 is 5.32 Å². The SMILES string of the molecule is Cc1cc2cc([Si](C)(C)C)[nH]c2cc1C. The van der Waals surface area contributed by atoms with Crippen LogP contribution in [-0.4, -0.2) is 13.1 Å². The number of hydrogen-bond acceptors (Lipinski definition) is 0. The first-order valence-corrected chi connectivity index (χ1v) is 8.98. The van der Waals surface area contributed by atoms with Gasteiger partial charge in [0.15, 0.2) is 0 Å². The third kappa shape index (κ3) is 1.86. The highest BCUT2D eigenvalue weighted by atomic mass is 28.3. The molecule has 1 aromatic heterocycles. The van der Waals surface area contributed by atoms with Crippen LogP contribution in [0.4, 0.5) is 0 Å². The third-order valence-electron chi connectivity index (χ3n) is 3.04. The van der Waals surface area contributed by atoms with Crippen molar-refractivity contribution in [2.75, 3.05) is 0 Å². The van der Waals surface area contributed by atoms with Crippen molar-refractivity contribution < 1.29 is 0 Å². The molecular weight excluding hydrogens is 198 g/mol. The van der Waals surface area contributed by atoms with Crippen LogP contribution in [0.2, 0.25) is 19.6 Å². The van der Waals surface area contributed by atoms with Gasteiger partial charge in [0.25, 0.3) is 0 Å². The molecule has 80 valence electrons. The van der Waals surface area contributed by atoms with Gasteiger partial charge in [0.2, 0.25) is 0 Å². The minimum atomic E-state index is -1.21. The van der Waals surface area contributed by atoms with Crippen molar-refractivity contribution in [3.63, 3.8) is 0 Å². The van der Waals surface area contributed by atoms with Crippen molar-refractivity contribution in [2.24, 2.45) is 0 Å². The Bertz CT molecular complexity index is 464. The molecule has 2 aromatic rings. The minimum absolute atomic E-state index is 1.21. The van der Waals surface area contributed by atoms with E-state index in [1.807, 2.05) is 0 Å². The molecule has 1 aromatic carbocycles. The summed E-state index contributed by atoms with van der Waals surface area (Å²) in [6.45, 7) is 11.5. The molecule has 0 aliphatic rings. The van der Waals surface area contributed by atoms with Gasteiger partial charge in [-0.3, -0.25) is 0 Å². The third-order valence-corrected chi connectivity index (χ3v) is 4.93. The van der Waals surface area contributed by atoms with E-state index >= 15 is 0 Å². The largest absolute Gasteiger partial charge is 0.362 e. The molecule has 0 amide bonds. The lowest BCUT2D eigenvalue weighted by atomic mass is 10.1. The van der Waals surface area contributed by atoms with E-state index in [1.54, 1.807) is 0 Å². The summed E-state index contributed by atoms with van der Waals surface area (Å²) < 4.78 is 0. The predicted molar refractivity (Wildman–Crippen MR) is 70.8 cm³/mol. The Balaban J connectivity index is 2.66. The van der Waals surface area contributed by atoms with Crippen molar-refractivity contribution in [1.29, 1.82) is 0 Å². The summed E-state index contributed by atoms with van der Waals surface area (Å²) in [4.78, 5) is 3.57. The maximum Gasteiger partial charge on any atom is 0.0982 e. The van der Waals surface area contributed by atoms with Crippen LogP contribution in [0.15, 0.2) is 18.2 Å². The fraction of sp³-hybridized carbons (Fsp3) is 0.385. The lowest BCUT2D eigenvalue weighted by Crippen LogP contribution is -2.38. The summed E-state index contributed by atoms with van der Waals surface area (Å²) in [6, 6.07) is 6.87. The number of H-pyrrole nitrogens is 1. The van der Waals surface area contributed by atoms with Crippen LogP contribution in [0, 0.1) is 13.8 Å². The average molecular weight is 217 g/mol. The van der Waals surface area contributed by atoms with Crippen molar-refractivity contribution >= 4 is 24.3 Å². The van der Waals surface area contributed by atoms with Gasteiger partial charge < -0.3 is 4.98 Å². The highest BCUT2D eigenvalue weighted by Crippen LogP contribution is 2.18. The Hall–Kier alpha value is -1.02. The van der Waals surface area contributed by atoms with Crippen LogP contribution in [0.25, 0.3) is 10.9 Å². The van der Waals surface area contributed by atoms with Crippen LogP contribution in [0.3, 0.4) is 0 Å². The van der Waals surface area contributed by atoms with Crippen molar-refractivity contribution in [1.82, 2.24) is 4.98 Å². The smallest absolute Gasteiger partial charge is 0.0982 e. The summed E-state index contributed by atoms with van der Waals surface area (Å²) in [6.07, 6.45) is 0. The molecule has 0 aliphatic heterocycles. The molecule has 0 bridgehead atoms. The zero-order valence-electron chi connectivity index (χ0n) is 10.2. The second kappa shape index (κ2) is 3.24. The molecule has 0 fully saturated rings. The molecule has 2 heteroatoms. The second-order valence-corrected chi connectivity index (χ2v) is 10.5. The molecular formula is C13H19NSi. The number of benzene rings is 1. The molecule has 15 heavy (non-hydrogen) atoms. The van der Waals surface area contributed by atoms with E-state index in [2.05, 4.69) is 56.7 Å². The van der Waals surface area contributed by atoms with E-state index in [4.69, 9.17) is 0 Å². The quantitative estimate of drug-likeness (QED) is 0.705. The van der Waals surface area contributed by atoms with Crippen LogP contribution in [-0.2, 0) is 0 Å². The van der Waals surface area contributed by atoms with Gasteiger partial charge in [-0.25, -0.2) is 0 Å². The van der Waals surface area contributed by atoms with E-state index in [1.165, 1.54) is 27.3 Å².